The third kappa shape index (κ3) is 5.74. The van der Waals surface area contributed by atoms with Crippen molar-refractivity contribution in [3.63, 3.8) is 0 Å². The predicted octanol–water partition coefficient (Wildman–Crippen LogP) is 3.67. The minimum atomic E-state index is -2.92. The number of aromatic hydroxyl groups is 1. The zero-order valence-electron chi connectivity index (χ0n) is 21.9. The van der Waals surface area contributed by atoms with Crippen LogP contribution in [0.5, 0.6) is 23.0 Å². The summed E-state index contributed by atoms with van der Waals surface area (Å²) in [5.41, 5.74) is 0.591. The average molecular weight is 389 g/mol. The fraction of sp³-hybridized carbons (Fsp3) is 0.182. The fourth-order valence-electron chi connectivity index (χ4n) is 2.19. The van der Waals surface area contributed by atoms with E-state index in [1.807, 2.05) is 0 Å². The molecule has 2 rings (SSSR count). The summed E-state index contributed by atoms with van der Waals surface area (Å²) < 4.78 is 65.8. The van der Waals surface area contributed by atoms with Crippen molar-refractivity contribution in [2.24, 2.45) is 0 Å². The van der Waals surface area contributed by atoms with Gasteiger partial charge in [-0.15, -0.1) is 0 Å². The number of carbonyl (C=O) groups is 2. The van der Waals surface area contributed by atoms with E-state index in [1.54, 1.807) is 6.07 Å². The molecule has 0 radical (unpaired) electrons. The lowest BCUT2D eigenvalue weighted by Crippen LogP contribution is -2.01. The van der Waals surface area contributed by atoms with Gasteiger partial charge in [0.05, 0.1) is 37.2 Å². The van der Waals surface area contributed by atoms with Gasteiger partial charge in [0.2, 0.25) is 0 Å². The molecule has 0 aromatic heterocycles. The van der Waals surface area contributed by atoms with Gasteiger partial charge in [0.25, 0.3) is 0 Å². The van der Waals surface area contributed by atoms with Gasteiger partial charge < -0.3 is 19.3 Å². The van der Waals surface area contributed by atoms with E-state index >= 15 is 0 Å². The summed E-state index contributed by atoms with van der Waals surface area (Å²) in [5.74, 6) is -1.91. The molecule has 0 aliphatic carbocycles. The third-order valence-electron chi connectivity index (χ3n) is 3.58. The molecule has 0 bridgehead atoms. The molecular formula is C22H22O6. The smallest absolute Gasteiger partial charge is 0.163 e. The molecule has 0 saturated carbocycles. The van der Waals surface area contributed by atoms with Crippen LogP contribution < -0.4 is 14.2 Å². The SMILES string of the molecule is [2H]/C(=C\C(=O)CC(=O)/C=C/c1ccc(O)c(OC)c1)c1ccc(OC([2H])([2H])[2H])c(OC([2H])([2H])[2H])c1. The van der Waals surface area contributed by atoms with Crippen molar-refractivity contribution in [3.05, 3.63) is 59.7 Å². The van der Waals surface area contributed by atoms with Crippen molar-refractivity contribution in [3.8, 4) is 23.0 Å². The summed E-state index contributed by atoms with van der Waals surface area (Å²) in [6.45, 7) is 0. The van der Waals surface area contributed by atoms with Crippen molar-refractivity contribution in [1.29, 1.82) is 0 Å². The molecule has 6 nitrogen and oxygen atoms in total. The molecule has 146 valence electrons. The first-order valence-electron chi connectivity index (χ1n) is 11.5. The quantitative estimate of drug-likeness (QED) is 0.520. The van der Waals surface area contributed by atoms with Crippen molar-refractivity contribution in [2.45, 2.75) is 6.42 Å². The van der Waals surface area contributed by atoms with Crippen molar-refractivity contribution in [1.82, 2.24) is 0 Å². The standard InChI is InChI=1S/C22H22O6/c1-26-20-11-7-16(13-22(20)28-3)5-9-18(24)14-17(23)8-4-15-6-10-19(25)21(12-15)27-2/h4-13,25H,14H2,1-3H3/b8-4+,9-5+/i1D3,3D3,5D. The Morgan fingerprint density at radius 3 is 2.39 bits per heavy atom. The molecule has 0 atom stereocenters. The zero-order valence-corrected chi connectivity index (χ0v) is 14.9. The summed E-state index contributed by atoms with van der Waals surface area (Å²) in [7, 11) is -4.42. The van der Waals surface area contributed by atoms with E-state index in [-0.39, 0.29) is 28.9 Å². The van der Waals surface area contributed by atoms with Gasteiger partial charge >= 0.3 is 0 Å². The highest BCUT2D eigenvalue weighted by atomic mass is 16.5. The highest BCUT2D eigenvalue weighted by Gasteiger charge is 2.06. The minimum Gasteiger partial charge on any atom is -0.504 e. The maximum Gasteiger partial charge on any atom is 0.163 e. The minimum absolute atomic E-state index is 0.0367. The van der Waals surface area contributed by atoms with Gasteiger partial charge in [-0.05, 0) is 47.5 Å². The highest BCUT2D eigenvalue weighted by Crippen LogP contribution is 2.28. The van der Waals surface area contributed by atoms with Gasteiger partial charge in [-0.1, -0.05) is 24.3 Å². The molecule has 2 aromatic carbocycles. The summed E-state index contributed by atoms with van der Waals surface area (Å²) in [4.78, 5) is 24.4. The van der Waals surface area contributed by atoms with Crippen LogP contribution in [0.15, 0.2) is 48.6 Å². The maximum absolute atomic E-state index is 12.2. The van der Waals surface area contributed by atoms with Gasteiger partial charge in [0.15, 0.2) is 34.6 Å². The van der Waals surface area contributed by atoms with Gasteiger partial charge in [-0.3, -0.25) is 9.59 Å². The maximum atomic E-state index is 12.2. The second-order valence-corrected chi connectivity index (χ2v) is 5.53. The molecule has 0 aliphatic rings. The first-order chi connectivity index (χ1) is 16.2. The molecule has 0 aliphatic heterocycles. The van der Waals surface area contributed by atoms with E-state index in [9.17, 15) is 14.7 Å². The number of methoxy groups -OCH3 is 3. The van der Waals surface area contributed by atoms with Crippen LogP contribution in [-0.4, -0.2) is 37.9 Å². The van der Waals surface area contributed by atoms with E-state index in [2.05, 4.69) is 0 Å². The van der Waals surface area contributed by atoms with Gasteiger partial charge in [-0.25, -0.2) is 0 Å². The van der Waals surface area contributed by atoms with Crippen LogP contribution in [0.4, 0.5) is 0 Å². The van der Waals surface area contributed by atoms with Crippen LogP contribution in [0.1, 0.15) is 27.1 Å². The van der Waals surface area contributed by atoms with Crippen molar-refractivity contribution >= 4 is 23.7 Å². The number of benzene rings is 2. The number of ketones is 2. The van der Waals surface area contributed by atoms with Crippen LogP contribution in [0.2, 0.25) is 0 Å². The molecule has 28 heavy (non-hydrogen) atoms. The summed E-state index contributed by atoms with van der Waals surface area (Å²) in [6.07, 6.45) is 2.95. The molecule has 0 saturated heterocycles. The lowest BCUT2D eigenvalue weighted by molar-refractivity contribution is -0.121. The first kappa shape index (κ1) is 12.8. The van der Waals surface area contributed by atoms with E-state index in [0.717, 1.165) is 18.2 Å². The lowest BCUT2D eigenvalue weighted by Gasteiger charge is -2.07. The topological polar surface area (TPSA) is 82.1 Å². The van der Waals surface area contributed by atoms with Crippen molar-refractivity contribution in [2.75, 3.05) is 21.2 Å². The monoisotopic (exact) mass is 389 g/mol. The van der Waals surface area contributed by atoms with Crippen molar-refractivity contribution < 1.29 is 38.5 Å². The Morgan fingerprint density at radius 2 is 1.64 bits per heavy atom. The molecule has 0 spiro atoms. The second-order valence-electron chi connectivity index (χ2n) is 5.53. The highest BCUT2D eigenvalue weighted by molar-refractivity contribution is 6.10. The zero-order chi connectivity index (χ0) is 26.4. The Balaban J connectivity index is 2.16. The Kier molecular flexibility index (Phi) is 4.55. The van der Waals surface area contributed by atoms with Crippen LogP contribution in [0, 0.1) is 0 Å². The van der Waals surface area contributed by atoms with Crippen LogP contribution in [0.3, 0.4) is 0 Å². The van der Waals surface area contributed by atoms with Crippen LogP contribution in [-0.2, 0) is 9.59 Å². The van der Waals surface area contributed by atoms with Gasteiger partial charge in [0, 0.05) is 0 Å². The molecule has 1 N–H and O–H groups in total. The number of phenols is 1. The number of hydrogen-bond acceptors (Lipinski definition) is 6. The molecule has 0 heterocycles. The van der Waals surface area contributed by atoms with E-state index in [4.69, 9.17) is 23.8 Å². The number of ether oxygens (including phenoxy) is 3. The van der Waals surface area contributed by atoms with E-state index < -0.39 is 37.8 Å². The molecule has 0 amide bonds. The average Bonchev–Trinajstić information content (AvgIpc) is 2.72. The molecular weight excluding hydrogens is 360 g/mol. The number of carbonyl (C=O) groups excluding carboxylic acids is 2. The van der Waals surface area contributed by atoms with E-state index in [0.29, 0.717) is 5.56 Å². The van der Waals surface area contributed by atoms with E-state index in [1.165, 1.54) is 37.5 Å². The van der Waals surface area contributed by atoms with Gasteiger partial charge in [0.1, 0.15) is 0 Å². The Bertz CT molecular complexity index is 1150. The van der Waals surface area contributed by atoms with Crippen LogP contribution >= 0.6 is 0 Å². The van der Waals surface area contributed by atoms with Gasteiger partial charge in [-0.2, -0.15) is 0 Å². The molecule has 0 unspecified atom stereocenters. The fourth-order valence-corrected chi connectivity index (χ4v) is 2.19. The van der Waals surface area contributed by atoms with Crippen LogP contribution in [0.25, 0.3) is 12.1 Å². The Hall–Kier alpha value is -3.54. The third-order valence-corrected chi connectivity index (χ3v) is 3.58. The Labute approximate surface area is 173 Å². The summed E-state index contributed by atoms with van der Waals surface area (Å²) in [6, 6.07) is 7.49. The summed E-state index contributed by atoms with van der Waals surface area (Å²) >= 11 is 0. The predicted molar refractivity (Wildman–Crippen MR) is 107 cm³/mol. The molecule has 2 aromatic rings. The molecule has 6 heteroatoms. The first-order valence-corrected chi connectivity index (χ1v) is 7.98. The lowest BCUT2D eigenvalue weighted by atomic mass is 10.1. The number of allylic oxidation sites excluding steroid dienone is 2. The second kappa shape index (κ2) is 9.97. The Morgan fingerprint density at radius 1 is 0.964 bits per heavy atom. The number of hydrogen-bond donors (Lipinski definition) is 1. The number of phenolic OH excluding ortho intramolecular Hbond substituents is 1. The summed E-state index contributed by atoms with van der Waals surface area (Å²) in [5, 5.41) is 9.59. The largest absolute Gasteiger partial charge is 0.504 e. The number of rotatable bonds is 9. The normalized spacial score (nSPS) is 15.9. The molecule has 0 fully saturated rings.